The van der Waals surface area contributed by atoms with Crippen LogP contribution in [0.1, 0.15) is 11.1 Å². The fraction of sp³-hybridized carbons (Fsp3) is 0.278. The van der Waals surface area contributed by atoms with Gasteiger partial charge in [-0.1, -0.05) is 36.4 Å². The molecular weight excluding hydrogens is 276 g/mol. The molecule has 0 bridgehead atoms. The Morgan fingerprint density at radius 1 is 1.23 bits per heavy atom. The molecule has 0 saturated carbocycles. The molecule has 0 spiro atoms. The molecule has 1 unspecified atom stereocenters. The molecule has 0 aliphatic carbocycles. The smallest absolute Gasteiger partial charge is 0.130 e. The van der Waals surface area contributed by atoms with Crippen LogP contribution in [0.15, 0.2) is 48.7 Å². The topological polar surface area (TPSA) is 39.6 Å². The lowest BCUT2D eigenvalue weighted by atomic mass is 10.1. The van der Waals surface area contributed by atoms with Gasteiger partial charge in [-0.3, -0.25) is 4.68 Å². The third-order valence-electron chi connectivity index (χ3n) is 3.90. The summed E-state index contributed by atoms with van der Waals surface area (Å²) in [5.74, 6) is 0.885. The van der Waals surface area contributed by atoms with Gasteiger partial charge >= 0.3 is 0 Å². The highest BCUT2D eigenvalue weighted by Gasteiger charge is 2.23. The molecule has 4 heteroatoms. The van der Waals surface area contributed by atoms with E-state index < -0.39 is 0 Å². The van der Waals surface area contributed by atoms with Crippen molar-refractivity contribution >= 4 is 10.9 Å². The first-order valence-electron chi connectivity index (χ1n) is 7.55. The summed E-state index contributed by atoms with van der Waals surface area (Å²) in [4.78, 5) is 0. The molecule has 4 nitrogen and oxygen atoms in total. The minimum atomic E-state index is 0.260. The van der Waals surface area contributed by atoms with Crippen LogP contribution < -0.4 is 4.74 Å². The van der Waals surface area contributed by atoms with E-state index in [1.165, 1.54) is 5.56 Å². The molecule has 0 N–H and O–H groups in total. The Morgan fingerprint density at radius 2 is 2.05 bits per heavy atom. The van der Waals surface area contributed by atoms with Crippen molar-refractivity contribution in [1.82, 2.24) is 9.78 Å². The fourth-order valence-corrected chi connectivity index (χ4v) is 2.59. The number of aromatic nitrogens is 2. The summed E-state index contributed by atoms with van der Waals surface area (Å²) in [6.45, 7) is 4.26. The van der Waals surface area contributed by atoms with Gasteiger partial charge in [-0.05, 0) is 24.1 Å². The predicted octanol–water partition coefficient (Wildman–Crippen LogP) is 3.17. The van der Waals surface area contributed by atoms with Crippen LogP contribution in [-0.4, -0.2) is 29.1 Å². The standard InChI is InChI=1S/C18H18N2O2/c1-13-7-8-17(22-12-15-11-21-15)16-10-20(19-18(13)16)9-14-5-3-2-4-6-14/h2-8,10,15H,9,11-12H2,1H3. The monoisotopic (exact) mass is 294 g/mol. The van der Waals surface area contributed by atoms with Crippen molar-refractivity contribution in [3.63, 3.8) is 0 Å². The Labute approximate surface area is 129 Å². The van der Waals surface area contributed by atoms with Crippen molar-refractivity contribution in [1.29, 1.82) is 0 Å². The van der Waals surface area contributed by atoms with Gasteiger partial charge in [-0.25, -0.2) is 0 Å². The summed E-state index contributed by atoms with van der Waals surface area (Å²) >= 11 is 0. The van der Waals surface area contributed by atoms with Crippen LogP contribution in [0.5, 0.6) is 5.75 Å². The lowest BCUT2D eigenvalue weighted by Gasteiger charge is -2.05. The minimum absolute atomic E-state index is 0.260. The zero-order valence-corrected chi connectivity index (χ0v) is 12.5. The van der Waals surface area contributed by atoms with Crippen LogP contribution in [0.4, 0.5) is 0 Å². The van der Waals surface area contributed by atoms with E-state index >= 15 is 0 Å². The second kappa shape index (κ2) is 5.46. The van der Waals surface area contributed by atoms with Gasteiger partial charge in [0, 0.05) is 6.20 Å². The van der Waals surface area contributed by atoms with E-state index in [1.807, 2.05) is 28.9 Å². The first-order valence-corrected chi connectivity index (χ1v) is 7.55. The van der Waals surface area contributed by atoms with Gasteiger partial charge in [0.25, 0.3) is 0 Å². The Bertz CT molecular complexity index is 791. The number of ether oxygens (including phenoxy) is 2. The number of hydrogen-bond acceptors (Lipinski definition) is 3. The van der Waals surface area contributed by atoms with Crippen LogP contribution in [0, 0.1) is 6.92 Å². The maximum absolute atomic E-state index is 5.88. The zero-order valence-electron chi connectivity index (χ0n) is 12.5. The molecule has 2 aromatic carbocycles. The van der Waals surface area contributed by atoms with E-state index in [4.69, 9.17) is 14.6 Å². The van der Waals surface area contributed by atoms with E-state index in [9.17, 15) is 0 Å². The second-order valence-corrected chi connectivity index (χ2v) is 5.72. The molecule has 1 aromatic heterocycles. The Morgan fingerprint density at radius 3 is 2.82 bits per heavy atom. The summed E-state index contributed by atoms with van der Waals surface area (Å²) in [5, 5.41) is 5.78. The highest BCUT2D eigenvalue weighted by Crippen LogP contribution is 2.28. The van der Waals surface area contributed by atoms with Crippen molar-refractivity contribution in [2.75, 3.05) is 13.2 Å². The average Bonchev–Trinajstić information content (AvgIpc) is 3.26. The maximum Gasteiger partial charge on any atom is 0.130 e. The van der Waals surface area contributed by atoms with Crippen LogP contribution in [0.3, 0.4) is 0 Å². The highest BCUT2D eigenvalue weighted by molar-refractivity contribution is 5.87. The summed E-state index contributed by atoms with van der Waals surface area (Å²) in [7, 11) is 0. The number of fused-ring (bicyclic) bond motifs is 1. The first-order chi connectivity index (χ1) is 10.8. The van der Waals surface area contributed by atoms with Crippen molar-refractivity contribution in [2.24, 2.45) is 0 Å². The summed E-state index contributed by atoms with van der Waals surface area (Å²) < 4.78 is 13.1. The molecule has 1 saturated heterocycles. The summed E-state index contributed by atoms with van der Waals surface area (Å²) in [6.07, 6.45) is 2.33. The van der Waals surface area contributed by atoms with E-state index in [0.717, 1.165) is 35.4 Å². The molecule has 2 heterocycles. The molecule has 0 radical (unpaired) electrons. The van der Waals surface area contributed by atoms with Gasteiger partial charge in [0.2, 0.25) is 0 Å². The van der Waals surface area contributed by atoms with E-state index in [2.05, 4.69) is 31.3 Å². The molecule has 1 aliphatic heterocycles. The van der Waals surface area contributed by atoms with Gasteiger partial charge in [0.05, 0.1) is 24.1 Å². The van der Waals surface area contributed by atoms with Crippen LogP contribution in [0.2, 0.25) is 0 Å². The minimum Gasteiger partial charge on any atom is -0.490 e. The van der Waals surface area contributed by atoms with E-state index in [1.54, 1.807) is 0 Å². The molecule has 1 aliphatic rings. The number of hydrogen-bond donors (Lipinski definition) is 0. The Kier molecular flexibility index (Phi) is 3.31. The number of rotatable bonds is 5. The third kappa shape index (κ3) is 2.70. The number of aryl methyl sites for hydroxylation is 1. The Balaban J connectivity index is 1.65. The molecule has 112 valence electrons. The normalized spacial score (nSPS) is 16.9. The molecular formula is C18H18N2O2. The number of epoxide rings is 1. The summed E-state index contributed by atoms with van der Waals surface area (Å²) in [5.41, 5.74) is 3.41. The first kappa shape index (κ1) is 13.3. The van der Waals surface area contributed by atoms with E-state index in [-0.39, 0.29) is 6.10 Å². The van der Waals surface area contributed by atoms with Gasteiger partial charge in [-0.2, -0.15) is 5.10 Å². The SMILES string of the molecule is Cc1ccc(OCC2CO2)c2cn(Cc3ccccc3)nc12. The van der Waals surface area contributed by atoms with Crippen LogP contribution in [0.25, 0.3) is 10.9 Å². The fourth-order valence-electron chi connectivity index (χ4n) is 2.59. The van der Waals surface area contributed by atoms with Crippen molar-refractivity contribution in [2.45, 2.75) is 19.6 Å². The molecule has 3 aromatic rings. The molecule has 22 heavy (non-hydrogen) atoms. The molecule has 4 rings (SSSR count). The van der Waals surface area contributed by atoms with Gasteiger partial charge < -0.3 is 9.47 Å². The quantitative estimate of drug-likeness (QED) is 0.679. The largest absolute Gasteiger partial charge is 0.490 e. The maximum atomic E-state index is 5.88. The lowest BCUT2D eigenvalue weighted by molar-refractivity contribution is 0.265. The van der Waals surface area contributed by atoms with Crippen LogP contribution >= 0.6 is 0 Å². The average molecular weight is 294 g/mol. The highest BCUT2D eigenvalue weighted by atomic mass is 16.6. The van der Waals surface area contributed by atoms with Crippen molar-refractivity contribution < 1.29 is 9.47 Å². The van der Waals surface area contributed by atoms with Crippen LogP contribution in [-0.2, 0) is 11.3 Å². The predicted molar refractivity (Wildman–Crippen MR) is 85.2 cm³/mol. The molecule has 0 amide bonds. The van der Waals surface area contributed by atoms with Crippen molar-refractivity contribution in [3.05, 3.63) is 59.8 Å². The van der Waals surface area contributed by atoms with Gasteiger partial charge in [0.1, 0.15) is 18.5 Å². The summed E-state index contributed by atoms with van der Waals surface area (Å²) in [6, 6.07) is 14.4. The molecule has 1 atom stereocenters. The number of benzene rings is 2. The number of nitrogens with zero attached hydrogens (tertiary/aromatic N) is 2. The molecule has 1 fully saturated rings. The Hall–Kier alpha value is -2.33. The second-order valence-electron chi connectivity index (χ2n) is 5.72. The van der Waals surface area contributed by atoms with E-state index in [0.29, 0.717) is 6.61 Å². The van der Waals surface area contributed by atoms with Gasteiger partial charge in [-0.15, -0.1) is 0 Å². The van der Waals surface area contributed by atoms with Gasteiger partial charge in [0.15, 0.2) is 0 Å². The lowest BCUT2D eigenvalue weighted by Crippen LogP contribution is -2.04. The zero-order chi connectivity index (χ0) is 14.9. The van der Waals surface area contributed by atoms with Crippen molar-refractivity contribution in [3.8, 4) is 5.75 Å². The third-order valence-corrected chi connectivity index (χ3v) is 3.90.